The van der Waals surface area contributed by atoms with Gasteiger partial charge < -0.3 is 9.64 Å². The second-order valence-corrected chi connectivity index (χ2v) is 4.01. The van der Waals surface area contributed by atoms with Gasteiger partial charge in [-0.1, -0.05) is 0 Å². The van der Waals surface area contributed by atoms with Crippen LogP contribution in [0.3, 0.4) is 0 Å². The molecule has 0 aliphatic carbocycles. The first kappa shape index (κ1) is 9.65. The Balaban J connectivity index is 1.85. The molecular weight excluding hydrogens is 182 g/mol. The summed E-state index contributed by atoms with van der Waals surface area (Å²) in [7, 11) is 0. The van der Waals surface area contributed by atoms with Crippen LogP contribution < -0.4 is 0 Å². The lowest BCUT2D eigenvalue weighted by Crippen LogP contribution is -2.35. The van der Waals surface area contributed by atoms with E-state index in [4.69, 9.17) is 4.74 Å². The highest BCUT2D eigenvalue weighted by atomic mass is 16.5. The predicted octanol–water partition coefficient (Wildman–Crippen LogP) is 0.214. The van der Waals surface area contributed by atoms with E-state index in [-0.39, 0.29) is 11.7 Å². The zero-order valence-electron chi connectivity index (χ0n) is 8.20. The first-order valence-electron chi connectivity index (χ1n) is 5.17. The second-order valence-electron chi connectivity index (χ2n) is 4.01. The summed E-state index contributed by atoms with van der Waals surface area (Å²) in [4.78, 5) is 24.0. The molecule has 0 bridgehead atoms. The molecule has 0 spiro atoms. The Morgan fingerprint density at radius 2 is 2.29 bits per heavy atom. The van der Waals surface area contributed by atoms with Gasteiger partial charge in [0.1, 0.15) is 0 Å². The molecule has 4 heteroatoms. The van der Waals surface area contributed by atoms with Crippen molar-refractivity contribution in [1.29, 1.82) is 0 Å². The van der Waals surface area contributed by atoms with Crippen LogP contribution in [0.5, 0.6) is 0 Å². The van der Waals surface area contributed by atoms with Crippen molar-refractivity contribution in [3.63, 3.8) is 0 Å². The molecule has 1 amide bonds. The highest BCUT2D eigenvalue weighted by molar-refractivity contribution is 6.37. The fourth-order valence-electron chi connectivity index (χ4n) is 2.06. The molecule has 2 heterocycles. The lowest BCUT2D eigenvalue weighted by atomic mass is 10.0. The van der Waals surface area contributed by atoms with Gasteiger partial charge in [0.15, 0.2) is 0 Å². The number of nitrogens with zero attached hydrogens (tertiary/aromatic N) is 1. The topological polar surface area (TPSA) is 46.6 Å². The zero-order chi connectivity index (χ0) is 9.97. The third-order valence-electron chi connectivity index (χ3n) is 2.87. The SMILES string of the molecule is O=C1CCN(CC2CCCOC2)C1=O. The number of hydrogen-bond donors (Lipinski definition) is 0. The van der Waals surface area contributed by atoms with Crippen LogP contribution >= 0.6 is 0 Å². The van der Waals surface area contributed by atoms with Crippen molar-refractivity contribution in [2.24, 2.45) is 5.92 Å². The minimum atomic E-state index is -0.296. The van der Waals surface area contributed by atoms with Gasteiger partial charge in [0.25, 0.3) is 5.91 Å². The van der Waals surface area contributed by atoms with Crippen molar-refractivity contribution in [2.45, 2.75) is 19.3 Å². The minimum Gasteiger partial charge on any atom is -0.381 e. The van der Waals surface area contributed by atoms with Gasteiger partial charge in [-0.2, -0.15) is 0 Å². The number of hydrogen-bond acceptors (Lipinski definition) is 3. The Labute approximate surface area is 83.2 Å². The average molecular weight is 197 g/mol. The normalized spacial score (nSPS) is 28.6. The van der Waals surface area contributed by atoms with Gasteiger partial charge in [-0.05, 0) is 18.8 Å². The van der Waals surface area contributed by atoms with Gasteiger partial charge in [0.2, 0.25) is 5.78 Å². The number of amides is 1. The summed E-state index contributed by atoms with van der Waals surface area (Å²) in [5, 5.41) is 0. The minimum absolute atomic E-state index is 0.235. The first-order chi connectivity index (χ1) is 6.77. The molecule has 78 valence electrons. The van der Waals surface area contributed by atoms with Crippen molar-refractivity contribution in [1.82, 2.24) is 4.90 Å². The molecule has 2 rings (SSSR count). The van der Waals surface area contributed by atoms with Crippen molar-refractivity contribution >= 4 is 11.7 Å². The van der Waals surface area contributed by atoms with Crippen molar-refractivity contribution in [2.75, 3.05) is 26.3 Å². The van der Waals surface area contributed by atoms with Crippen LogP contribution in [-0.2, 0) is 14.3 Å². The van der Waals surface area contributed by atoms with Gasteiger partial charge in [0, 0.05) is 26.1 Å². The maximum atomic E-state index is 11.3. The summed E-state index contributed by atoms with van der Waals surface area (Å²) < 4.78 is 5.33. The van der Waals surface area contributed by atoms with Crippen molar-refractivity contribution < 1.29 is 14.3 Å². The standard InChI is InChI=1S/C10H15NO3/c12-9-3-4-11(10(9)13)6-8-2-1-5-14-7-8/h8H,1-7H2. The lowest BCUT2D eigenvalue weighted by Gasteiger charge is -2.26. The molecule has 4 nitrogen and oxygen atoms in total. The molecule has 0 N–H and O–H groups in total. The fourth-order valence-corrected chi connectivity index (χ4v) is 2.06. The summed E-state index contributed by atoms with van der Waals surface area (Å²) in [5.41, 5.74) is 0. The monoisotopic (exact) mass is 197 g/mol. The van der Waals surface area contributed by atoms with Gasteiger partial charge in [-0.25, -0.2) is 0 Å². The Hall–Kier alpha value is -0.900. The molecule has 14 heavy (non-hydrogen) atoms. The van der Waals surface area contributed by atoms with Crippen molar-refractivity contribution in [3.05, 3.63) is 0 Å². The lowest BCUT2D eigenvalue weighted by molar-refractivity contribution is -0.140. The summed E-state index contributed by atoms with van der Waals surface area (Å²) >= 11 is 0. The first-order valence-corrected chi connectivity index (χ1v) is 5.17. The van der Waals surface area contributed by atoms with E-state index in [0.29, 0.717) is 25.4 Å². The Bertz CT molecular complexity index is 246. The smallest absolute Gasteiger partial charge is 0.290 e. The van der Waals surface area contributed by atoms with E-state index in [9.17, 15) is 9.59 Å². The molecule has 0 radical (unpaired) electrons. The van der Waals surface area contributed by atoms with E-state index in [0.717, 1.165) is 26.1 Å². The van der Waals surface area contributed by atoms with E-state index >= 15 is 0 Å². The highest BCUT2D eigenvalue weighted by Crippen LogP contribution is 2.17. The molecular formula is C10H15NO3. The highest BCUT2D eigenvalue weighted by Gasteiger charge is 2.31. The van der Waals surface area contributed by atoms with Crippen LogP contribution in [0.25, 0.3) is 0 Å². The van der Waals surface area contributed by atoms with Gasteiger partial charge in [-0.15, -0.1) is 0 Å². The zero-order valence-corrected chi connectivity index (χ0v) is 8.20. The van der Waals surface area contributed by atoms with Crippen LogP contribution in [0.2, 0.25) is 0 Å². The molecule has 1 unspecified atom stereocenters. The molecule has 0 aromatic rings. The van der Waals surface area contributed by atoms with E-state index in [2.05, 4.69) is 0 Å². The third kappa shape index (κ3) is 1.95. The molecule has 0 saturated carbocycles. The number of ether oxygens (including phenoxy) is 1. The van der Waals surface area contributed by atoms with Gasteiger partial charge >= 0.3 is 0 Å². The fraction of sp³-hybridized carbons (Fsp3) is 0.800. The molecule has 2 aliphatic heterocycles. The van der Waals surface area contributed by atoms with Crippen LogP contribution in [0, 0.1) is 5.92 Å². The van der Waals surface area contributed by atoms with Gasteiger partial charge in [0.05, 0.1) is 6.61 Å². The van der Waals surface area contributed by atoms with Gasteiger partial charge in [-0.3, -0.25) is 9.59 Å². The predicted molar refractivity (Wildman–Crippen MR) is 49.7 cm³/mol. The molecule has 1 atom stereocenters. The number of Topliss-reactive ketones (excluding diaryl/α,β-unsaturated/α-hetero) is 1. The summed E-state index contributed by atoms with van der Waals surface area (Å²) in [6, 6.07) is 0. The van der Waals surface area contributed by atoms with Crippen LogP contribution in [-0.4, -0.2) is 42.9 Å². The largest absolute Gasteiger partial charge is 0.381 e. The number of rotatable bonds is 2. The number of likely N-dealkylation sites (tertiary alicyclic amines) is 1. The Morgan fingerprint density at radius 1 is 1.43 bits per heavy atom. The quantitative estimate of drug-likeness (QED) is 0.595. The van der Waals surface area contributed by atoms with E-state index in [1.165, 1.54) is 0 Å². The molecule has 0 aromatic carbocycles. The Kier molecular flexibility index (Phi) is 2.82. The van der Waals surface area contributed by atoms with E-state index in [1.54, 1.807) is 4.90 Å². The van der Waals surface area contributed by atoms with Crippen LogP contribution in [0.1, 0.15) is 19.3 Å². The number of carbonyl (C=O) groups excluding carboxylic acids is 2. The van der Waals surface area contributed by atoms with Crippen molar-refractivity contribution in [3.8, 4) is 0 Å². The summed E-state index contributed by atoms with van der Waals surface area (Å²) in [6.45, 7) is 2.88. The van der Waals surface area contributed by atoms with E-state index in [1.807, 2.05) is 0 Å². The number of carbonyl (C=O) groups is 2. The maximum Gasteiger partial charge on any atom is 0.290 e. The van der Waals surface area contributed by atoms with E-state index < -0.39 is 0 Å². The molecule has 2 saturated heterocycles. The summed E-state index contributed by atoms with van der Waals surface area (Å²) in [5.74, 6) is -0.101. The average Bonchev–Trinajstić information content (AvgIpc) is 2.52. The molecule has 0 aromatic heterocycles. The second kappa shape index (κ2) is 4.09. The molecule has 2 aliphatic rings. The molecule has 2 fully saturated rings. The van der Waals surface area contributed by atoms with Crippen LogP contribution in [0.15, 0.2) is 0 Å². The Morgan fingerprint density at radius 3 is 2.86 bits per heavy atom. The van der Waals surface area contributed by atoms with Crippen LogP contribution in [0.4, 0.5) is 0 Å². The maximum absolute atomic E-state index is 11.3. The summed E-state index contributed by atoms with van der Waals surface area (Å²) in [6.07, 6.45) is 2.57. The number of ketones is 1. The third-order valence-corrected chi connectivity index (χ3v) is 2.87.